The maximum atomic E-state index is 14.2. The van der Waals surface area contributed by atoms with Crippen LogP contribution in [0.15, 0.2) is 47.9 Å². The average molecular weight is 292 g/mol. The Kier molecular flexibility index (Phi) is 5.55. The summed E-state index contributed by atoms with van der Waals surface area (Å²) in [4.78, 5) is 0. The highest BCUT2D eigenvalue weighted by molar-refractivity contribution is 5.32. The molecule has 2 aliphatic carbocycles. The Hall–Kier alpha value is -1.18. The van der Waals surface area contributed by atoms with Gasteiger partial charge in [-0.15, -0.1) is 0 Å². The van der Waals surface area contributed by atoms with Crippen LogP contribution < -0.4 is 0 Å². The molecule has 0 spiro atoms. The summed E-state index contributed by atoms with van der Waals surface area (Å²) in [5.74, 6) is -0.444. The number of hydrogen-bond acceptors (Lipinski definition) is 0. The van der Waals surface area contributed by atoms with Crippen molar-refractivity contribution in [1.29, 1.82) is 0 Å². The molecule has 2 heteroatoms. The molecule has 3 atom stereocenters. The predicted molar refractivity (Wildman–Crippen MR) is 85.4 cm³/mol. The first-order valence-electron chi connectivity index (χ1n) is 8.14. The number of hydrogen-bond donors (Lipinski definition) is 0. The van der Waals surface area contributed by atoms with Crippen LogP contribution in [0.1, 0.15) is 52.4 Å². The minimum absolute atomic E-state index is 0.104. The smallest absolute Gasteiger partial charge is 0.131 e. The minimum atomic E-state index is -1.25. The van der Waals surface area contributed by atoms with Gasteiger partial charge >= 0.3 is 0 Å². The molecule has 2 aliphatic rings. The van der Waals surface area contributed by atoms with Gasteiger partial charge in [-0.3, -0.25) is 0 Å². The quantitative estimate of drug-likeness (QED) is 0.509. The lowest BCUT2D eigenvalue weighted by Crippen LogP contribution is -2.37. The van der Waals surface area contributed by atoms with E-state index in [1.54, 1.807) is 6.92 Å². The van der Waals surface area contributed by atoms with E-state index in [0.717, 1.165) is 12.8 Å². The molecule has 0 saturated heterocycles. The molecule has 0 aromatic carbocycles. The van der Waals surface area contributed by atoms with Gasteiger partial charge in [0.05, 0.1) is 5.41 Å². The molecular weight excluding hydrogens is 266 g/mol. The molecule has 0 N–H and O–H groups in total. The largest absolute Gasteiger partial charge is 0.242 e. The molecule has 21 heavy (non-hydrogen) atoms. The fourth-order valence-corrected chi connectivity index (χ4v) is 3.18. The molecular formula is C19H26F2. The van der Waals surface area contributed by atoms with E-state index >= 15 is 0 Å². The molecule has 0 aliphatic heterocycles. The molecule has 2 rings (SSSR count). The van der Waals surface area contributed by atoms with Crippen molar-refractivity contribution < 1.29 is 8.78 Å². The Bertz CT molecular complexity index is 470. The van der Waals surface area contributed by atoms with Crippen molar-refractivity contribution in [3.8, 4) is 0 Å². The van der Waals surface area contributed by atoms with Crippen molar-refractivity contribution in [3.63, 3.8) is 0 Å². The van der Waals surface area contributed by atoms with Crippen molar-refractivity contribution in [3.05, 3.63) is 47.9 Å². The topological polar surface area (TPSA) is 0 Å². The van der Waals surface area contributed by atoms with Gasteiger partial charge in [-0.1, -0.05) is 56.1 Å². The number of unbranched alkanes of at least 4 members (excludes halogenated alkanes) is 3. The van der Waals surface area contributed by atoms with Crippen molar-refractivity contribution in [1.82, 2.24) is 0 Å². The normalized spacial score (nSPS) is 32.0. The van der Waals surface area contributed by atoms with Gasteiger partial charge < -0.3 is 0 Å². The Labute approximate surface area is 127 Å². The first kappa shape index (κ1) is 16.2. The zero-order valence-electron chi connectivity index (χ0n) is 13.1. The SMILES string of the molecule is CCCCCCC1=CCC(C2(C)C(F)=CC=CC2F)C=C1. The van der Waals surface area contributed by atoms with E-state index in [1.165, 1.54) is 49.5 Å². The zero-order chi connectivity index (χ0) is 15.3. The van der Waals surface area contributed by atoms with Crippen LogP contribution in [0.25, 0.3) is 0 Å². The van der Waals surface area contributed by atoms with Gasteiger partial charge in [0, 0.05) is 0 Å². The van der Waals surface area contributed by atoms with Gasteiger partial charge in [-0.05, 0) is 44.3 Å². The van der Waals surface area contributed by atoms with E-state index in [0.29, 0.717) is 0 Å². The van der Waals surface area contributed by atoms with E-state index < -0.39 is 11.6 Å². The maximum Gasteiger partial charge on any atom is 0.131 e. The van der Waals surface area contributed by atoms with Crippen LogP contribution in [-0.4, -0.2) is 6.17 Å². The van der Waals surface area contributed by atoms with Crippen molar-refractivity contribution >= 4 is 0 Å². The molecule has 0 bridgehead atoms. The fraction of sp³-hybridized carbons (Fsp3) is 0.579. The molecule has 0 aromatic rings. The summed E-state index contributed by atoms with van der Waals surface area (Å²) in [6, 6.07) is 0. The molecule has 0 nitrogen and oxygen atoms in total. The van der Waals surface area contributed by atoms with Crippen LogP contribution in [-0.2, 0) is 0 Å². The molecule has 0 heterocycles. The molecule has 0 fully saturated rings. The van der Waals surface area contributed by atoms with Crippen molar-refractivity contribution in [2.75, 3.05) is 0 Å². The predicted octanol–water partition coefficient (Wildman–Crippen LogP) is 6.23. The number of rotatable bonds is 6. The Balaban J connectivity index is 1.94. The lowest BCUT2D eigenvalue weighted by molar-refractivity contribution is 0.120. The monoisotopic (exact) mass is 292 g/mol. The summed E-state index contributed by atoms with van der Waals surface area (Å²) in [5.41, 5.74) is 0.271. The highest BCUT2D eigenvalue weighted by Gasteiger charge is 2.44. The third-order valence-electron chi connectivity index (χ3n) is 4.88. The Morgan fingerprint density at radius 3 is 2.67 bits per heavy atom. The minimum Gasteiger partial charge on any atom is -0.242 e. The van der Waals surface area contributed by atoms with E-state index in [2.05, 4.69) is 19.1 Å². The summed E-state index contributed by atoms with van der Waals surface area (Å²) in [5, 5.41) is 0. The lowest BCUT2D eigenvalue weighted by Gasteiger charge is -2.38. The summed E-state index contributed by atoms with van der Waals surface area (Å²) in [6.45, 7) is 3.90. The number of alkyl halides is 1. The summed E-state index contributed by atoms with van der Waals surface area (Å²) >= 11 is 0. The highest BCUT2D eigenvalue weighted by Crippen LogP contribution is 2.47. The average Bonchev–Trinajstić information content (AvgIpc) is 2.50. The van der Waals surface area contributed by atoms with Crippen molar-refractivity contribution in [2.24, 2.45) is 11.3 Å². The van der Waals surface area contributed by atoms with E-state index in [9.17, 15) is 8.78 Å². The first-order chi connectivity index (χ1) is 10.1. The van der Waals surface area contributed by atoms with Crippen molar-refractivity contribution in [2.45, 2.75) is 58.5 Å². The molecule has 116 valence electrons. The molecule has 0 amide bonds. The fourth-order valence-electron chi connectivity index (χ4n) is 3.18. The van der Waals surface area contributed by atoms with Crippen LogP contribution in [0.3, 0.4) is 0 Å². The second kappa shape index (κ2) is 7.20. The Morgan fingerprint density at radius 2 is 2.05 bits per heavy atom. The molecule has 0 saturated carbocycles. The Morgan fingerprint density at radius 1 is 1.24 bits per heavy atom. The number of halogens is 2. The third-order valence-corrected chi connectivity index (χ3v) is 4.88. The van der Waals surface area contributed by atoms with Gasteiger partial charge in [-0.25, -0.2) is 8.78 Å². The maximum absolute atomic E-state index is 14.2. The second-order valence-electron chi connectivity index (χ2n) is 6.37. The lowest BCUT2D eigenvalue weighted by atomic mass is 9.67. The molecule has 3 unspecified atom stereocenters. The summed E-state index contributed by atoms with van der Waals surface area (Å²) < 4.78 is 28.4. The van der Waals surface area contributed by atoms with Gasteiger partial charge in [0.25, 0.3) is 0 Å². The standard InChI is InChI=1S/C19H26F2/c1-3-4-5-6-8-15-11-13-16(14-12-15)19(2)17(20)9-7-10-18(19)21/h7,9-13,16-17H,3-6,8,14H2,1-2H3. The van der Waals surface area contributed by atoms with Gasteiger partial charge in [0.1, 0.15) is 12.0 Å². The van der Waals surface area contributed by atoms with Gasteiger partial charge in [0.15, 0.2) is 0 Å². The van der Waals surface area contributed by atoms with E-state index in [4.69, 9.17) is 0 Å². The van der Waals surface area contributed by atoms with E-state index in [-0.39, 0.29) is 11.7 Å². The number of allylic oxidation sites excluding steroid dienone is 8. The van der Waals surface area contributed by atoms with E-state index in [1.807, 2.05) is 6.08 Å². The van der Waals surface area contributed by atoms with Crippen LogP contribution in [0, 0.1) is 11.3 Å². The third kappa shape index (κ3) is 3.53. The summed E-state index contributed by atoms with van der Waals surface area (Å²) in [6.07, 6.45) is 16.1. The van der Waals surface area contributed by atoms with Crippen LogP contribution in [0.2, 0.25) is 0 Å². The summed E-state index contributed by atoms with van der Waals surface area (Å²) in [7, 11) is 0. The zero-order valence-corrected chi connectivity index (χ0v) is 13.1. The highest BCUT2D eigenvalue weighted by atomic mass is 19.1. The van der Waals surface area contributed by atoms with Gasteiger partial charge in [0.2, 0.25) is 0 Å². The van der Waals surface area contributed by atoms with Crippen LogP contribution >= 0.6 is 0 Å². The first-order valence-corrected chi connectivity index (χ1v) is 8.14. The van der Waals surface area contributed by atoms with Crippen LogP contribution in [0.5, 0.6) is 0 Å². The molecule has 0 aromatic heterocycles. The van der Waals surface area contributed by atoms with Gasteiger partial charge in [-0.2, -0.15) is 0 Å². The molecule has 0 radical (unpaired) electrons. The van der Waals surface area contributed by atoms with Crippen LogP contribution in [0.4, 0.5) is 8.78 Å². The second-order valence-corrected chi connectivity index (χ2v) is 6.37.